The van der Waals surface area contributed by atoms with E-state index in [1.807, 2.05) is 12.1 Å². The molecule has 0 spiro atoms. The van der Waals surface area contributed by atoms with Crippen molar-refractivity contribution >= 4 is 17.3 Å². The molecule has 9 heteroatoms. The van der Waals surface area contributed by atoms with E-state index < -0.39 is 6.10 Å². The van der Waals surface area contributed by atoms with Crippen LogP contribution in [0.3, 0.4) is 0 Å². The van der Waals surface area contributed by atoms with E-state index in [0.29, 0.717) is 48.2 Å². The monoisotopic (exact) mass is 501 g/mol. The van der Waals surface area contributed by atoms with Gasteiger partial charge in [0.05, 0.1) is 41.8 Å². The Morgan fingerprint density at radius 3 is 2.54 bits per heavy atom. The summed E-state index contributed by atoms with van der Waals surface area (Å²) in [6.07, 6.45) is 0.853. The first-order valence-corrected chi connectivity index (χ1v) is 11.9. The maximum atomic E-state index is 13.6. The van der Waals surface area contributed by atoms with Crippen LogP contribution >= 0.6 is 11.6 Å². The van der Waals surface area contributed by atoms with Gasteiger partial charge in [0, 0.05) is 44.0 Å². The first-order chi connectivity index (χ1) is 17.0. The van der Waals surface area contributed by atoms with Crippen LogP contribution in [0.5, 0.6) is 5.75 Å². The second-order valence-electron chi connectivity index (χ2n) is 8.46. The van der Waals surface area contributed by atoms with Crippen molar-refractivity contribution in [2.75, 3.05) is 44.3 Å². The molecule has 0 saturated carbocycles. The third kappa shape index (κ3) is 6.28. The van der Waals surface area contributed by atoms with Crippen LogP contribution in [0.1, 0.15) is 29.0 Å². The van der Waals surface area contributed by atoms with Crippen LogP contribution in [-0.2, 0) is 6.61 Å². The third-order valence-electron chi connectivity index (χ3n) is 6.13. The molecule has 2 heterocycles. The van der Waals surface area contributed by atoms with Gasteiger partial charge < -0.3 is 25.0 Å². The highest BCUT2D eigenvalue weighted by Gasteiger charge is 2.31. The summed E-state index contributed by atoms with van der Waals surface area (Å²) in [6, 6.07) is 15.2. The van der Waals surface area contributed by atoms with Gasteiger partial charge in [-0.25, -0.2) is 4.39 Å². The molecule has 186 valence electrons. The molecule has 1 saturated heterocycles. The number of rotatable bonds is 9. The molecule has 0 aliphatic carbocycles. The Morgan fingerprint density at radius 1 is 1.09 bits per heavy atom. The van der Waals surface area contributed by atoms with E-state index in [2.05, 4.69) is 14.8 Å². The summed E-state index contributed by atoms with van der Waals surface area (Å²) in [4.78, 5) is 8.51. The number of β-amino-alcohol motifs (C(OH)–C–C–N with tert-alkyl or cyclic N) is 1. The minimum atomic E-state index is -0.734. The number of aliphatic hydroxyl groups excluding tert-OH is 3. The van der Waals surface area contributed by atoms with Gasteiger partial charge in [0.2, 0.25) is 0 Å². The van der Waals surface area contributed by atoms with Crippen molar-refractivity contribution < 1.29 is 24.4 Å². The van der Waals surface area contributed by atoms with Gasteiger partial charge in [-0.1, -0.05) is 29.8 Å². The topological polar surface area (TPSA) is 89.3 Å². The van der Waals surface area contributed by atoms with E-state index >= 15 is 0 Å². The van der Waals surface area contributed by atoms with Crippen LogP contribution in [0.25, 0.3) is 0 Å². The molecule has 7 nitrogen and oxygen atoms in total. The number of halogens is 2. The Morgan fingerprint density at radius 2 is 1.89 bits per heavy atom. The first kappa shape index (κ1) is 25.3. The average Bonchev–Trinajstić information content (AvgIpc) is 2.88. The molecule has 4 rings (SSSR count). The molecule has 2 atom stereocenters. The van der Waals surface area contributed by atoms with Gasteiger partial charge in [-0.05, 0) is 35.9 Å². The van der Waals surface area contributed by atoms with Crippen molar-refractivity contribution in [3.63, 3.8) is 0 Å². The highest BCUT2D eigenvalue weighted by atomic mass is 35.5. The number of ether oxygens (including phenoxy) is 1. The van der Waals surface area contributed by atoms with Crippen LogP contribution in [-0.4, -0.2) is 64.6 Å². The summed E-state index contributed by atoms with van der Waals surface area (Å²) < 4.78 is 19.1. The zero-order chi connectivity index (χ0) is 24.8. The molecule has 2 aromatic carbocycles. The van der Waals surface area contributed by atoms with Gasteiger partial charge in [-0.2, -0.15) is 0 Å². The third-order valence-corrected chi connectivity index (χ3v) is 6.44. The number of hydrogen-bond donors (Lipinski definition) is 3. The van der Waals surface area contributed by atoms with E-state index in [-0.39, 0.29) is 31.7 Å². The van der Waals surface area contributed by atoms with Crippen molar-refractivity contribution in [3.05, 3.63) is 88.5 Å². The summed E-state index contributed by atoms with van der Waals surface area (Å²) in [5.41, 5.74) is 3.01. The second kappa shape index (κ2) is 11.8. The van der Waals surface area contributed by atoms with Gasteiger partial charge in [-0.15, -0.1) is 0 Å². The lowest BCUT2D eigenvalue weighted by Crippen LogP contribution is -2.49. The molecule has 1 aromatic heterocycles. The molecule has 1 unspecified atom stereocenters. The number of pyridine rings is 1. The van der Waals surface area contributed by atoms with Crippen LogP contribution in [0, 0.1) is 5.82 Å². The number of piperazine rings is 1. The molecule has 0 radical (unpaired) electrons. The highest BCUT2D eigenvalue weighted by Crippen LogP contribution is 2.37. The molecule has 3 aromatic rings. The summed E-state index contributed by atoms with van der Waals surface area (Å²) in [6.45, 7) is 2.31. The lowest BCUT2D eigenvalue weighted by molar-refractivity contribution is 0.100. The minimum absolute atomic E-state index is 0.0819. The maximum absolute atomic E-state index is 13.6. The van der Waals surface area contributed by atoms with E-state index in [1.54, 1.807) is 36.5 Å². The van der Waals surface area contributed by atoms with Crippen molar-refractivity contribution in [2.24, 2.45) is 0 Å². The fraction of sp³-hybridized carbons (Fsp3) is 0.346. The van der Waals surface area contributed by atoms with Gasteiger partial charge in [0.1, 0.15) is 18.2 Å². The number of anilines is 1. The quantitative estimate of drug-likeness (QED) is 0.414. The number of benzene rings is 2. The van der Waals surface area contributed by atoms with Crippen molar-refractivity contribution in [3.8, 4) is 5.75 Å². The predicted octanol–water partition coefficient (Wildman–Crippen LogP) is 3.33. The SMILES string of the molecule is OCCOc1ccc(N2CCN(CC(O)c3ccc(CO)nc3)C[C@H]2c2ccc(F)cc2)c(Cl)c1. The largest absolute Gasteiger partial charge is 0.491 e. The molecule has 35 heavy (non-hydrogen) atoms. The van der Waals surface area contributed by atoms with Gasteiger partial charge in [-0.3, -0.25) is 9.88 Å². The zero-order valence-corrected chi connectivity index (χ0v) is 20.0. The van der Waals surface area contributed by atoms with E-state index in [1.165, 1.54) is 12.1 Å². The highest BCUT2D eigenvalue weighted by molar-refractivity contribution is 6.33. The molecule has 0 amide bonds. The van der Waals surface area contributed by atoms with Crippen LogP contribution in [0.2, 0.25) is 5.02 Å². The zero-order valence-electron chi connectivity index (χ0n) is 19.2. The van der Waals surface area contributed by atoms with Gasteiger partial charge >= 0.3 is 0 Å². The number of nitrogens with zero attached hydrogens (tertiary/aromatic N) is 3. The number of aliphatic hydroxyl groups is 3. The molecule has 1 aliphatic rings. The van der Waals surface area contributed by atoms with E-state index in [0.717, 1.165) is 11.3 Å². The smallest absolute Gasteiger partial charge is 0.123 e. The molecule has 1 aliphatic heterocycles. The predicted molar refractivity (Wildman–Crippen MR) is 132 cm³/mol. The molecule has 0 bridgehead atoms. The Labute approximate surface area is 209 Å². The molecule has 1 fully saturated rings. The molecular weight excluding hydrogens is 473 g/mol. The molecular formula is C26H29ClFN3O4. The van der Waals surface area contributed by atoms with Crippen molar-refractivity contribution in [2.45, 2.75) is 18.8 Å². The summed E-state index contributed by atoms with van der Waals surface area (Å²) in [5.74, 6) is 0.277. The van der Waals surface area contributed by atoms with Crippen LogP contribution in [0.15, 0.2) is 60.8 Å². The first-order valence-electron chi connectivity index (χ1n) is 11.5. The van der Waals surface area contributed by atoms with Crippen LogP contribution in [0.4, 0.5) is 10.1 Å². The Balaban J connectivity index is 1.54. The summed E-state index contributed by atoms with van der Waals surface area (Å²) in [5, 5.41) is 29.5. The average molecular weight is 502 g/mol. The number of aromatic nitrogens is 1. The summed E-state index contributed by atoms with van der Waals surface area (Å²) in [7, 11) is 0. The van der Waals surface area contributed by atoms with Gasteiger partial charge in [0.15, 0.2) is 0 Å². The van der Waals surface area contributed by atoms with E-state index in [9.17, 15) is 14.6 Å². The van der Waals surface area contributed by atoms with E-state index in [4.69, 9.17) is 21.4 Å². The second-order valence-corrected chi connectivity index (χ2v) is 8.87. The van der Waals surface area contributed by atoms with Crippen molar-refractivity contribution in [1.29, 1.82) is 0 Å². The van der Waals surface area contributed by atoms with Gasteiger partial charge in [0.25, 0.3) is 0 Å². The Bertz CT molecular complexity index is 1100. The fourth-order valence-electron chi connectivity index (χ4n) is 4.31. The Kier molecular flexibility index (Phi) is 8.54. The maximum Gasteiger partial charge on any atom is 0.123 e. The minimum Gasteiger partial charge on any atom is -0.491 e. The Hall–Kier alpha value is -2.75. The number of hydrogen-bond acceptors (Lipinski definition) is 7. The fourth-order valence-corrected chi connectivity index (χ4v) is 4.59. The lowest BCUT2D eigenvalue weighted by atomic mass is 10.00. The summed E-state index contributed by atoms with van der Waals surface area (Å²) >= 11 is 6.62. The molecule has 3 N–H and O–H groups in total. The van der Waals surface area contributed by atoms with Crippen molar-refractivity contribution in [1.82, 2.24) is 9.88 Å². The lowest BCUT2D eigenvalue weighted by Gasteiger charge is -2.44. The normalized spacial score (nSPS) is 17.4. The van der Waals surface area contributed by atoms with Crippen LogP contribution < -0.4 is 9.64 Å². The standard InChI is InChI=1S/C26H29ClFN3O4/c27-23-13-22(35-12-11-32)7-8-24(23)31-10-9-30(15-25(31)18-1-4-20(28)5-2-18)16-26(34)19-3-6-21(17-33)29-14-19/h1-8,13-14,25-26,32-34H,9-12,15-17H2/t25-,26?/m0/s1.